The molecule has 5 nitrogen and oxygen atoms in total. The standard InChI is InChI=1S/C13H19N5/c1-17(2)10-5-7-18(8-6-10)12-4-3-11-13(16-12)15-9-14-11/h3-4,9-10H,5-8H2,1-2H3,(H,14,15,16)/p+1. The molecular formula is C13H20N5+. The fraction of sp³-hybridized carbons (Fsp3) is 0.538. The molecule has 0 spiro atoms. The summed E-state index contributed by atoms with van der Waals surface area (Å²) in [6.45, 7) is 2.18. The Labute approximate surface area is 107 Å². The number of rotatable bonds is 2. The Morgan fingerprint density at radius 3 is 2.83 bits per heavy atom. The van der Waals surface area contributed by atoms with Gasteiger partial charge in [0.1, 0.15) is 0 Å². The van der Waals surface area contributed by atoms with E-state index in [0.717, 1.165) is 30.1 Å². The molecular weight excluding hydrogens is 226 g/mol. The average Bonchev–Trinajstić information content (AvgIpc) is 2.86. The van der Waals surface area contributed by atoms with Gasteiger partial charge in [-0.2, -0.15) is 0 Å². The number of piperidine rings is 1. The molecule has 3 rings (SSSR count). The molecule has 0 radical (unpaired) electrons. The average molecular weight is 246 g/mol. The summed E-state index contributed by atoms with van der Waals surface area (Å²) >= 11 is 0. The number of hydrogen-bond donors (Lipinski definition) is 1. The number of imidazole rings is 1. The largest absolute Gasteiger partial charge is 0.343 e. The first kappa shape index (κ1) is 11.5. The van der Waals surface area contributed by atoms with Gasteiger partial charge in [0.25, 0.3) is 0 Å². The van der Waals surface area contributed by atoms with E-state index in [2.05, 4.69) is 51.0 Å². The van der Waals surface area contributed by atoms with Crippen LogP contribution in [-0.2, 0) is 0 Å². The van der Waals surface area contributed by atoms with E-state index in [4.69, 9.17) is 0 Å². The molecule has 2 aromatic rings. The lowest BCUT2D eigenvalue weighted by molar-refractivity contribution is -0.347. The molecule has 3 heterocycles. The summed E-state index contributed by atoms with van der Waals surface area (Å²) in [4.78, 5) is 15.6. The van der Waals surface area contributed by atoms with Crippen LogP contribution in [0.3, 0.4) is 0 Å². The molecule has 1 fully saturated rings. The van der Waals surface area contributed by atoms with Crippen LogP contribution in [0, 0.1) is 0 Å². The van der Waals surface area contributed by atoms with Crippen LogP contribution >= 0.6 is 0 Å². The van der Waals surface area contributed by atoms with Crippen LogP contribution in [0.1, 0.15) is 12.8 Å². The van der Waals surface area contributed by atoms with E-state index in [9.17, 15) is 0 Å². The zero-order valence-electron chi connectivity index (χ0n) is 11.0. The molecule has 0 saturated carbocycles. The molecule has 1 aliphatic rings. The predicted octanol–water partition coefficient (Wildman–Crippen LogP) is 0.907. The highest BCUT2D eigenvalue weighted by Crippen LogP contribution is 2.20. The van der Waals surface area contributed by atoms with Crippen molar-refractivity contribution in [1.29, 1.82) is 0 Å². The molecule has 0 aromatic carbocycles. The third-order valence-electron chi connectivity index (χ3n) is 3.84. The van der Waals surface area contributed by atoms with E-state index in [-0.39, 0.29) is 0 Å². The molecule has 2 N–H and O–H groups in total. The Bertz CT molecular complexity index is 525. The Morgan fingerprint density at radius 1 is 1.33 bits per heavy atom. The van der Waals surface area contributed by atoms with Crippen LogP contribution < -0.4 is 9.88 Å². The van der Waals surface area contributed by atoms with Crippen LogP contribution in [-0.4, -0.2) is 48.1 Å². The Morgan fingerprint density at radius 2 is 2.11 bits per heavy atom. The van der Waals surface area contributed by atoms with Crippen LogP contribution in [0.5, 0.6) is 0 Å². The van der Waals surface area contributed by atoms with Gasteiger partial charge in [0, 0.05) is 25.2 Å². The molecule has 0 atom stereocenters. The molecule has 96 valence electrons. The van der Waals surface area contributed by atoms with E-state index >= 15 is 0 Å². The third-order valence-corrected chi connectivity index (χ3v) is 3.84. The lowest BCUT2D eigenvalue weighted by atomic mass is 10.0. The van der Waals surface area contributed by atoms with E-state index in [0.29, 0.717) is 6.04 Å². The molecule has 1 aliphatic heterocycles. The predicted molar refractivity (Wildman–Crippen MR) is 71.6 cm³/mol. The lowest BCUT2D eigenvalue weighted by Gasteiger charge is -2.34. The SMILES string of the molecule is CN(C)C1CCN(c2ccc3[nH]c[nH+]c3n2)CC1. The van der Waals surface area contributed by atoms with Crippen molar-refractivity contribution in [1.82, 2.24) is 14.9 Å². The quantitative estimate of drug-likeness (QED) is 0.857. The van der Waals surface area contributed by atoms with E-state index < -0.39 is 0 Å². The van der Waals surface area contributed by atoms with Gasteiger partial charge in [0.05, 0.1) is 0 Å². The number of aromatic amines is 2. The van der Waals surface area contributed by atoms with Gasteiger partial charge in [-0.15, -0.1) is 0 Å². The van der Waals surface area contributed by atoms with Crippen LogP contribution in [0.2, 0.25) is 0 Å². The highest BCUT2D eigenvalue weighted by atomic mass is 15.2. The number of hydrogen-bond acceptors (Lipinski definition) is 3. The topological polar surface area (TPSA) is 49.3 Å². The first-order valence-corrected chi connectivity index (χ1v) is 6.51. The molecule has 0 amide bonds. The minimum Gasteiger partial charge on any atom is -0.343 e. The second-order valence-electron chi connectivity index (χ2n) is 5.18. The fourth-order valence-corrected chi connectivity index (χ4v) is 2.65. The molecule has 2 aromatic heterocycles. The van der Waals surface area contributed by atoms with Crippen LogP contribution in [0.4, 0.5) is 5.82 Å². The Hall–Kier alpha value is -1.62. The van der Waals surface area contributed by atoms with Crippen molar-refractivity contribution in [3.05, 3.63) is 18.5 Å². The van der Waals surface area contributed by atoms with Gasteiger partial charge in [-0.1, -0.05) is 4.98 Å². The van der Waals surface area contributed by atoms with Gasteiger partial charge >= 0.3 is 5.65 Å². The molecule has 5 heteroatoms. The number of fused-ring (bicyclic) bond motifs is 1. The maximum Gasteiger partial charge on any atom is 0.301 e. The van der Waals surface area contributed by atoms with Crippen LogP contribution in [0.15, 0.2) is 18.5 Å². The number of aromatic nitrogens is 3. The van der Waals surface area contributed by atoms with Crippen molar-refractivity contribution >= 4 is 17.0 Å². The number of nitrogens with one attached hydrogen (secondary N) is 2. The zero-order valence-corrected chi connectivity index (χ0v) is 11.0. The summed E-state index contributed by atoms with van der Waals surface area (Å²) in [5.74, 6) is 1.08. The van der Waals surface area contributed by atoms with Gasteiger partial charge in [0.15, 0.2) is 11.8 Å². The zero-order chi connectivity index (χ0) is 12.5. The summed E-state index contributed by atoms with van der Waals surface area (Å²) in [6, 6.07) is 4.90. The first-order chi connectivity index (χ1) is 8.74. The van der Waals surface area contributed by atoms with Crippen molar-refractivity contribution in [2.45, 2.75) is 18.9 Å². The maximum absolute atomic E-state index is 4.65. The molecule has 18 heavy (non-hydrogen) atoms. The Kier molecular flexibility index (Phi) is 2.91. The second kappa shape index (κ2) is 4.57. The van der Waals surface area contributed by atoms with Gasteiger partial charge in [-0.05, 0) is 33.0 Å². The maximum atomic E-state index is 4.65. The highest BCUT2D eigenvalue weighted by molar-refractivity contribution is 5.69. The van der Waals surface area contributed by atoms with E-state index in [1.54, 1.807) is 0 Å². The van der Waals surface area contributed by atoms with Crippen molar-refractivity contribution < 1.29 is 4.98 Å². The minimum atomic E-state index is 0.712. The Balaban J connectivity index is 1.75. The van der Waals surface area contributed by atoms with Gasteiger partial charge in [-0.3, -0.25) is 4.98 Å². The third kappa shape index (κ3) is 2.06. The van der Waals surface area contributed by atoms with Gasteiger partial charge < -0.3 is 9.80 Å². The number of nitrogens with zero attached hydrogens (tertiary/aromatic N) is 3. The van der Waals surface area contributed by atoms with Crippen LogP contribution in [0.25, 0.3) is 11.2 Å². The highest BCUT2D eigenvalue weighted by Gasteiger charge is 2.23. The lowest BCUT2D eigenvalue weighted by Crippen LogP contribution is -2.42. The number of H-pyrrole nitrogens is 2. The van der Waals surface area contributed by atoms with Gasteiger partial charge in [-0.25, -0.2) is 4.98 Å². The minimum absolute atomic E-state index is 0.712. The van der Waals surface area contributed by atoms with Gasteiger partial charge in [0.2, 0.25) is 5.82 Å². The summed E-state index contributed by atoms with van der Waals surface area (Å²) in [6.07, 6.45) is 4.24. The molecule has 1 saturated heterocycles. The first-order valence-electron chi connectivity index (χ1n) is 6.51. The second-order valence-corrected chi connectivity index (χ2v) is 5.18. The normalized spacial score (nSPS) is 17.8. The van der Waals surface area contributed by atoms with E-state index in [1.807, 2.05) is 6.33 Å². The molecule has 0 aliphatic carbocycles. The monoisotopic (exact) mass is 246 g/mol. The summed E-state index contributed by atoms with van der Waals surface area (Å²) < 4.78 is 0. The van der Waals surface area contributed by atoms with Crippen molar-refractivity contribution in [2.24, 2.45) is 0 Å². The molecule has 0 bridgehead atoms. The summed E-state index contributed by atoms with van der Waals surface area (Å²) in [5, 5.41) is 0. The van der Waals surface area contributed by atoms with E-state index in [1.165, 1.54) is 12.8 Å². The fourth-order valence-electron chi connectivity index (χ4n) is 2.65. The molecule has 0 unspecified atom stereocenters. The number of anilines is 1. The number of pyridine rings is 1. The smallest absolute Gasteiger partial charge is 0.301 e. The summed E-state index contributed by atoms with van der Waals surface area (Å²) in [7, 11) is 4.33. The summed E-state index contributed by atoms with van der Waals surface area (Å²) in [5.41, 5.74) is 1.99. The van der Waals surface area contributed by atoms with Crippen molar-refractivity contribution in [3.8, 4) is 0 Å². The van der Waals surface area contributed by atoms with Crippen molar-refractivity contribution in [2.75, 3.05) is 32.1 Å². The van der Waals surface area contributed by atoms with Crippen molar-refractivity contribution in [3.63, 3.8) is 0 Å².